The van der Waals surface area contributed by atoms with E-state index in [0.717, 1.165) is 5.56 Å². The molecular formula is C23H19ClN2O2. The molecule has 0 saturated heterocycles. The fourth-order valence-electron chi connectivity index (χ4n) is 2.53. The van der Waals surface area contributed by atoms with Crippen molar-refractivity contribution in [3.8, 4) is 0 Å². The minimum absolute atomic E-state index is 0.0996. The van der Waals surface area contributed by atoms with E-state index in [1.165, 1.54) is 0 Å². The van der Waals surface area contributed by atoms with E-state index in [1.807, 2.05) is 43.3 Å². The number of hydrogen-bond acceptors (Lipinski definition) is 2. The van der Waals surface area contributed by atoms with Gasteiger partial charge in [-0.05, 0) is 48.9 Å². The number of anilines is 1. The van der Waals surface area contributed by atoms with Gasteiger partial charge < -0.3 is 10.6 Å². The highest BCUT2D eigenvalue weighted by Gasteiger charge is 2.15. The first-order valence-electron chi connectivity index (χ1n) is 8.73. The number of carbonyl (C=O) groups excluding carboxylic acids is 2. The normalized spacial score (nSPS) is 11.0. The molecular weight excluding hydrogens is 372 g/mol. The van der Waals surface area contributed by atoms with Crippen molar-refractivity contribution < 1.29 is 9.59 Å². The monoisotopic (exact) mass is 390 g/mol. The fourth-order valence-corrected chi connectivity index (χ4v) is 2.72. The molecule has 0 spiro atoms. The number of benzene rings is 3. The van der Waals surface area contributed by atoms with Crippen LogP contribution in [0.1, 0.15) is 21.5 Å². The molecule has 0 bridgehead atoms. The van der Waals surface area contributed by atoms with Gasteiger partial charge in [-0.2, -0.15) is 0 Å². The molecule has 3 rings (SSSR count). The maximum absolute atomic E-state index is 12.8. The number of rotatable bonds is 5. The molecule has 0 aliphatic rings. The van der Waals surface area contributed by atoms with Gasteiger partial charge in [-0.1, -0.05) is 65.7 Å². The Labute approximate surface area is 168 Å². The Hall–Kier alpha value is -3.37. The van der Waals surface area contributed by atoms with E-state index >= 15 is 0 Å². The lowest BCUT2D eigenvalue weighted by Crippen LogP contribution is -2.30. The van der Waals surface area contributed by atoms with Gasteiger partial charge in [-0.25, -0.2) is 0 Å². The molecule has 2 amide bonds. The summed E-state index contributed by atoms with van der Waals surface area (Å²) in [5.74, 6) is -0.812. The summed E-state index contributed by atoms with van der Waals surface area (Å²) >= 11 is 6.22. The second kappa shape index (κ2) is 9.02. The van der Waals surface area contributed by atoms with E-state index in [0.29, 0.717) is 21.8 Å². The van der Waals surface area contributed by atoms with Gasteiger partial charge in [-0.3, -0.25) is 9.59 Å². The predicted octanol–water partition coefficient (Wildman–Crippen LogP) is 5.06. The van der Waals surface area contributed by atoms with Gasteiger partial charge in [-0.15, -0.1) is 0 Å². The first-order valence-corrected chi connectivity index (χ1v) is 9.11. The van der Waals surface area contributed by atoms with Gasteiger partial charge in [0.15, 0.2) is 0 Å². The number of aryl methyl sites for hydroxylation is 1. The van der Waals surface area contributed by atoms with Gasteiger partial charge in [0.05, 0.1) is 0 Å². The number of hydrogen-bond donors (Lipinski definition) is 2. The summed E-state index contributed by atoms with van der Waals surface area (Å²) in [4.78, 5) is 25.4. The topological polar surface area (TPSA) is 58.2 Å². The predicted molar refractivity (Wildman–Crippen MR) is 113 cm³/mol. The number of carbonyl (C=O) groups is 2. The molecule has 0 unspecified atom stereocenters. The van der Waals surface area contributed by atoms with Crippen LogP contribution in [0.25, 0.3) is 6.08 Å². The van der Waals surface area contributed by atoms with E-state index in [1.54, 1.807) is 48.5 Å². The maximum Gasteiger partial charge on any atom is 0.272 e. The molecule has 0 heterocycles. The van der Waals surface area contributed by atoms with E-state index in [-0.39, 0.29) is 11.6 Å². The molecule has 28 heavy (non-hydrogen) atoms. The summed E-state index contributed by atoms with van der Waals surface area (Å²) < 4.78 is 0. The van der Waals surface area contributed by atoms with Crippen molar-refractivity contribution in [2.75, 3.05) is 5.32 Å². The van der Waals surface area contributed by atoms with Gasteiger partial charge in [0.1, 0.15) is 5.70 Å². The molecule has 0 atom stereocenters. The summed E-state index contributed by atoms with van der Waals surface area (Å²) in [6.07, 6.45) is 1.56. The number of para-hydroxylation sites is 1. The van der Waals surface area contributed by atoms with Gasteiger partial charge in [0.2, 0.25) is 0 Å². The molecule has 2 N–H and O–H groups in total. The van der Waals surface area contributed by atoms with Crippen LogP contribution in [0.3, 0.4) is 0 Å². The van der Waals surface area contributed by atoms with Crippen molar-refractivity contribution in [3.63, 3.8) is 0 Å². The molecule has 3 aromatic carbocycles. The minimum Gasteiger partial charge on any atom is -0.321 e. The average Bonchev–Trinajstić information content (AvgIpc) is 2.70. The second-order valence-corrected chi connectivity index (χ2v) is 6.63. The zero-order valence-corrected chi connectivity index (χ0v) is 16.0. The molecule has 0 fully saturated rings. The SMILES string of the molecule is Cc1ccc(C(=O)NC(=Cc2ccccc2Cl)C(=O)Nc2ccccc2)cc1. The van der Waals surface area contributed by atoms with Crippen molar-refractivity contribution >= 4 is 35.2 Å². The lowest BCUT2D eigenvalue weighted by atomic mass is 10.1. The van der Waals surface area contributed by atoms with Crippen LogP contribution in [0.2, 0.25) is 5.02 Å². The Bertz CT molecular complexity index is 1010. The van der Waals surface area contributed by atoms with Crippen molar-refractivity contribution in [2.45, 2.75) is 6.92 Å². The first-order chi connectivity index (χ1) is 13.5. The lowest BCUT2D eigenvalue weighted by Gasteiger charge is -2.12. The molecule has 0 aromatic heterocycles. The van der Waals surface area contributed by atoms with Crippen LogP contribution in [0, 0.1) is 6.92 Å². The summed E-state index contributed by atoms with van der Waals surface area (Å²) in [5, 5.41) is 5.97. The van der Waals surface area contributed by atoms with Gasteiger partial charge >= 0.3 is 0 Å². The zero-order valence-electron chi connectivity index (χ0n) is 15.3. The minimum atomic E-state index is -0.438. The maximum atomic E-state index is 12.8. The first kappa shape index (κ1) is 19.4. The standard InChI is InChI=1S/C23H19ClN2O2/c1-16-11-13-17(14-12-16)22(27)26-21(15-18-7-5-6-10-20(18)24)23(28)25-19-8-3-2-4-9-19/h2-15H,1H3,(H,25,28)(H,26,27). The molecule has 0 aliphatic heterocycles. The fraction of sp³-hybridized carbons (Fsp3) is 0.0435. The lowest BCUT2D eigenvalue weighted by molar-refractivity contribution is -0.113. The molecule has 4 nitrogen and oxygen atoms in total. The van der Waals surface area contributed by atoms with Crippen LogP contribution in [-0.2, 0) is 4.79 Å². The highest BCUT2D eigenvalue weighted by molar-refractivity contribution is 6.32. The molecule has 0 radical (unpaired) electrons. The largest absolute Gasteiger partial charge is 0.321 e. The molecule has 0 saturated carbocycles. The van der Waals surface area contributed by atoms with Crippen LogP contribution in [0.4, 0.5) is 5.69 Å². The Morgan fingerprint density at radius 3 is 2.18 bits per heavy atom. The van der Waals surface area contributed by atoms with E-state index in [9.17, 15) is 9.59 Å². The van der Waals surface area contributed by atoms with Crippen molar-refractivity contribution in [1.29, 1.82) is 0 Å². The van der Waals surface area contributed by atoms with Crippen LogP contribution < -0.4 is 10.6 Å². The Morgan fingerprint density at radius 2 is 1.50 bits per heavy atom. The zero-order chi connectivity index (χ0) is 19.9. The molecule has 5 heteroatoms. The third kappa shape index (κ3) is 5.09. The molecule has 0 aliphatic carbocycles. The number of nitrogens with one attached hydrogen (secondary N) is 2. The van der Waals surface area contributed by atoms with Gasteiger partial charge in [0, 0.05) is 16.3 Å². The van der Waals surface area contributed by atoms with E-state index < -0.39 is 5.91 Å². The molecule has 140 valence electrons. The Balaban J connectivity index is 1.89. The third-order valence-electron chi connectivity index (χ3n) is 4.04. The smallest absolute Gasteiger partial charge is 0.272 e. The molecule has 3 aromatic rings. The number of amides is 2. The van der Waals surface area contributed by atoms with Crippen LogP contribution in [-0.4, -0.2) is 11.8 Å². The van der Waals surface area contributed by atoms with E-state index in [2.05, 4.69) is 10.6 Å². The van der Waals surface area contributed by atoms with Gasteiger partial charge in [0.25, 0.3) is 11.8 Å². The Kier molecular flexibility index (Phi) is 6.25. The van der Waals surface area contributed by atoms with Crippen LogP contribution >= 0.6 is 11.6 Å². The van der Waals surface area contributed by atoms with Crippen molar-refractivity contribution in [2.24, 2.45) is 0 Å². The van der Waals surface area contributed by atoms with Crippen LogP contribution in [0.15, 0.2) is 84.6 Å². The van der Waals surface area contributed by atoms with Crippen molar-refractivity contribution in [3.05, 3.63) is 106 Å². The van der Waals surface area contributed by atoms with Crippen molar-refractivity contribution in [1.82, 2.24) is 5.32 Å². The third-order valence-corrected chi connectivity index (χ3v) is 4.39. The summed E-state index contributed by atoms with van der Waals surface area (Å²) in [6, 6.07) is 23.3. The highest BCUT2D eigenvalue weighted by atomic mass is 35.5. The van der Waals surface area contributed by atoms with E-state index in [4.69, 9.17) is 11.6 Å². The Morgan fingerprint density at radius 1 is 0.857 bits per heavy atom. The number of halogens is 1. The van der Waals surface area contributed by atoms with Crippen LogP contribution in [0.5, 0.6) is 0 Å². The summed E-state index contributed by atoms with van der Waals surface area (Å²) in [7, 11) is 0. The second-order valence-electron chi connectivity index (χ2n) is 6.22. The summed E-state index contributed by atoms with van der Waals surface area (Å²) in [6.45, 7) is 1.94. The highest BCUT2D eigenvalue weighted by Crippen LogP contribution is 2.18. The average molecular weight is 391 g/mol. The quantitative estimate of drug-likeness (QED) is 0.598. The summed E-state index contributed by atoms with van der Waals surface area (Å²) in [5.41, 5.74) is 2.87.